The number of carbonyl (C=O) groups is 2. The molecule has 5 heteroatoms. The molecule has 0 radical (unpaired) electrons. The van der Waals surface area contributed by atoms with Crippen molar-refractivity contribution in [1.29, 1.82) is 0 Å². The number of anilines is 1. The maximum absolute atomic E-state index is 12.6. The lowest BCUT2D eigenvalue weighted by atomic mass is 10.1. The van der Waals surface area contributed by atoms with Gasteiger partial charge in [-0.05, 0) is 37.1 Å². The topological polar surface area (TPSA) is 55.8 Å². The average molecular weight is 339 g/mol. The molecule has 130 valence electrons. The summed E-state index contributed by atoms with van der Waals surface area (Å²) in [6.07, 6.45) is 0.141. The lowest BCUT2D eigenvalue weighted by molar-refractivity contribution is -0.139. The van der Waals surface area contributed by atoms with Crippen LogP contribution in [0, 0.1) is 19.8 Å². The molecular formula is C20H21NO4. The minimum atomic E-state index is -0.489. The van der Waals surface area contributed by atoms with Crippen LogP contribution in [-0.4, -0.2) is 25.5 Å². The zero-order chi connectivity index (χ0) is 18.0. The minimum Gasteiger partial charge on any atom is -0.495 e. The highest BCUT2D eigenvalue weighted by Gasteiger charge is 2.37. The molecule has 1 atom stereocenters. The van der Waals surface area contributed by atoms with Crippen molar-refractivity contribution in [2.24, 2.45) is 5.92 Å². The summed E-state index contributed by atoms with van der Waals surface area (Å²) in [6, 6.07) is 13.0. The van der Waals surface area contributed by atoms with E-state index in [0.717, 1.165) is 11.1 Å². The zero-order valence-corrected chi connectivity index (χ0v) is 14.6. The van der Waals surface area contributed by atoms with Crippen molar-refractivity contribution in [3.8, 4) is 11.5 Å². The van der Waals surface area contributed by atoms with Crippen LogP contribution < -0.4 is 14.4 Å². The number of hydrogen-bond donors (Lipinski definition) is 0. The van der Waals surface area contributed by atoms with E-state index in [1.165, 1.54) is 0 Å². The Balaban J connectivity index is 1.77. The zero-order valence-electron chi connectivity index (χ0n) is 14.6. The molecule has 1 aliphatic rings. The Morgan fingerprint density at radius 1 is 1.08 bits per heavy atom. The fraction of sp³-hybridized carbons (Fsp3) is 0.300. The number of ether oxygens (including phenoxy) is 2. The molecule has 0 spiro atoms. The molecule has 5 nitrogen and oxygen atoms in total. The van der Waals surface area contributed by atoms with Gasteiger partial charge in [-0.2, -0.15) is 0 Å². The van der Waals surface area contributed by atoms with Crippen LogP contribution in [0.4, 0.5) is 5.69 Å². The third kappa shape index (κ3) is 3.36. The molecule has 0 aromatic heterocycles. The number of esters is 1. The number of nitrogens with zero attached hydrogens (tertiary/aromatic N) is 1. The van der Waals surface area contributed by atoms with Gasteiger partial charge in [0.1, 0.15) is 11.5 Å². The van der Waals surface area contributed by atoms with Gasteiger partial charge in [0.25, 0.3) is 0 Å². The quantitative estimate of drug-likeness (QED) is 0.634. The lowest BCUT2D eigenvalue weighted by Gasteiger charge is -2.19. The summed E-state index contributed by atoms with van der Waals surface area (Å²) in [4.78, 5) is 26.6. The predicted octanol–water partition coefficient (Wildman–Crippen LogP) is 3.27. The number of methoxy groups -OCH3 is 1. The summed E-state index contributed by atoms with van der Waals surface area (Å²) in [6.45, 7) is 4.09. The maximum Gasteiger partial charge on any atom is 0.316 e. The van der Waals surface area contributed by atoms with Gasteiger partial charge in [0.2, 0.25) is 5.91 Å². The van der Waals surface area contributed by atoms with Crippen molar-refractivity contribution in [1.82, 2.24) is 0 Å². The Kier molecular flexibility index (Phi) is 4.74. The number of para-hydroxylation sites is 3. The molecule has 1 fully saturated rings. The van der Waals surface area contributed by atoms with E-state index < -0.39 is 5.92 Å². The number of benzene rings is 2. The molecule has 1 saturated heterocycles. The van der Waals surface area contributed by atoms with Gasteiger partial charge in [0.05, 0.1) is 18.7 Å². The first-order valence-corrected chi connectivity index (χ1v) is 8.22. The number of rotatable bonds is 4. The van der Waals surface area contributed by atoms with E-state index in [-0.39, 0.29) is 18.3 Å². The third-order valence-electron chi connectivity index (χ3n) is 4.45. The standard InChI is InChI=1S/C20H21NO4/c1-13-7-6-8-14(2)19(13)25-20(23)15-11-18(22)21(12-15)16-9-4-5-10-17(16)24-3/h4-10,15H,11-12H2,1-3H3/t15-/m0/s1. The highest BCUT2D eigenvalue weighted by atomic mass is 16.5. The second-order valence-electron chi connectivity index (χ2n) is 6.22. The van der Waals surface area contributed by atoms with Crippen LogP contribution in [-0.2, 0) is 9.59 Å². The average Bonchev–Trinajstić information content (AvgIpc) is 3.00. The van der Waals surface area contributed by atoms with Crippen LogP contribution >= 0.6 is 0 Å². The van der Waals surface area contributed by atoms with E-state index in [0.29, 0.717) is 23.7 Å². The predicted molar refractivity (Wildman–Crippen MR) is 95.0 cm³/mol. The second-order valence-corrected chi connectivity index (χ2v) is 6.22. The van der Waals surface area contributed by atoms with Gasteiger partial charge in [-0.1, -0.05) is 30.3 Å². The van der Waals surface area contributed by atoms with Crippen LogP contribution in [0.3, 0.4) is 0 Å². The summed E-state index contributed by atoms with van der Waals surface area (Å²) >= 11 is 0. The Hall–Kier alpha value is -2.82. The lowest BCUT2D eigenvalue weighted by Crippen LogP contribution is -2.27. The van der Waals surface area contributed by atoms with Gasteiger partial charge < -0.3 is 14.4 Å². The number of hydrogen-bond acceptors (Lipinski definition) is 4. The molecule has 0 N–H and O–H groups in total. The van der Waals surface area contributed by atoms with E-state index in [2.05, 4.69) is 0 Å². The van der Waals surface area contributed by atoms with Crippen LogP contribution in [0.2, 0.25) is 0 Å². The normalized spacial score (nSPS) is 16.8. The monoisotopic (exact) mass is 339 g/mol. The Bertz CT molecular complexity index is 795. The van der Waals surface area contributed by atoms with Crippen molar-refractivity contribution in [3.05, 3.63) is 53.6 Å². The molecule has 1 aliphatic heterocycles. The first-order valence-electron chi connectivity index (χ1n) is 8.22. The van der Waals surface area contributed by atoms with E-state index in [9.17, 15) is 9.59 Å². The minimum absolute atomic E-state index is 0.104. The third-order valence-corrected chi connectivity index (χ3v) is 4.45. The molecule has 0 unspecified atom stereocenters. The van der Waals surface area contributed by atoms with Crippen molar-refractivity contribution in [3.63, 3.8) is 0 Å². The summed E-state index contributed by atoms with van der Waals surface area (Å²) in [5.41, 5.74) is 2.48. The van der Waals surface area contributed by atoms with Gasteiger partial charge in [0, 0.05) is 13.0 Å². The van der Waals surface area contributed by atoms with Crippen LogP contribution in [0.25, 0.3) is 0 Å². The first kappa shape index (κ1) is 17.0. The van der Waals surface area contributed by atoms with E-state index in [4.69, 9.17) is 9.47 Å². The largest absolute Gasteiger partial charge is 0.495 e. The SMILES string of the molecule is COc1ccccc1N1C[C@@H](C(=O)Oc2c(C)cccc2C)CC1=O. The molecule has 2 aromatic carbocycles. The van der Waals surface area contributed by atoms with Gasteiger partial charge in [-0.15, -0.1) is 0 Å². The summed E-state index contributed by atoms with van der Waals surface area (Å²) < 4.78 is 10.9. The molecule has 2 aromatic rings. The fourth-order valence-corrected chi connectivity index (χ4v) is 3.10. The summed E-state index contributed by atoms with van der Waals surface area (Å²) in [7, 11) is 1.56. The molecule has 0 saturated carbocycles. The molecular weight excluding hydrogens is 318 g/mol. The second kappa shape index (κ2) is 6.97. The van der Waals surface area contributed by atoms with Crippen molar-refractivity contribution in [2.75, 3.05) is 18.6 Å². The fourth-order valence-electron chi connectivity index (χ4n) is 3.10. The Morgan fingerprint density at radius 2 is 1.76 bits per heavy atom. The highest BCUT2D eigenvalue weighted by molar-refractivity contribution is 6.00. The van der Waals surface area contributed by atoms with Crippen molar-refractivity contribution < 1.29 is 19.1 Å². The highest BCUT2D eigenvalue weighted by Crippen LogP contribution is 2.33. The molecule has 0 aliphatic carbocycles. The van der Waals surface area contributed by atoms with Crippen molar-refractivity contribution >= 4 is 17.6 Å². The molecule has 1 amide bonds. The molecule has 0 bridgehead atoms. The number of aryl methyl sites for hydroxylation is 2. The van der Waals surface area contributed by atoms with Gasteiger partial charge in [-0.25, -0.2) is 0 Å². The number of carbonyl (C=O) groups excluding carboxylic acids is 2. The first-order chi connectivity index (χ1) is 12.0. The molecule has 25 heavy (non-hydrogen) atoms. The van der Waals surface area contributed by atoms with Crippen LogP contribution in [0.1, 0.15) is 17.5 Å². The summed E-state index contributed by atoms with van der Waals surface area (Å²) in [5, 5.41) is 0. The smallest absolute Gasteiger partial charge is 0.316 e. The Morgan fingerprint density at radius 3 is 2.44 bits per heavy atom. The van der Waals surface area contributed by atoms with Crippen LogP contribution in [0.15, 0.2) is 42.5 Å². The Labute approximate surface area is 147 Å². The van der Waals surface area contributed by atoms with Gasteiger partial charge in [-0.3, -0.25) is 9.59 Å². The van der Waals surface area contributed by atoms with Crippen molar-refractivity contribution in [2.45, 2.75) is 20.3 Å². The van der Waals surface area contributed by atoms with Gasteiger partial charge in [0.15, 0.2) is 0 Å². The number of amides is 1. The van der Waals surface area contributed by atoms with Gasteiger partial charge >= 0.3 is 5.97 Å². The van der Waals surface area contributed by atoms with Crippen LogP contribution in [0.5, 0.6) is 11.5 Å². The summed E-state index contributed by atoms with van der Waals surface area (Å²) in [5.74, 6) is 0.225. The van der Waals surface area contributed by atoms with E-state index in [1.54, 1.807) is 18.1 Å². The van der Waals surface area contributed by atoms with E-state index >= 15 is 0 Å². The molecule has 1 heterocycles. The molecule has 3 rings (SSSR count). The van der Waals surface area contributed by atoms with E-state index in [1.807, 2.05) is 50.2 Å². The maximum atomic E-state index is 12.6.